The Labute approximate surface area is 150 Å². The zero-order valence-corrected chi connectivity index (χ0v) is 14.1. The summed E-state index contributed by atoms with van der Waals surface area (Å²) in [4.78, 5) is 0.702. The van der Waals surface area contributed by atoms with Crippen LogP contribution in [0.4, 0.5) is 0 Å². The van der Waals surface area contributed by atoms with E-state index in [1.807, 2.05) is 48.5 Å². The van der Waals surface area contributed by atoms with Crippen LogP contribution in [-0.4, -0.2) is 26.6 Å². The van der Waals surface area contributed by atoms with Gasteiger partial charge in [0.05, 0.1) is 0 Å². The lowest BCUT2D eigenvalue weighted by Gasteiger charge is -1.98. The van der Waals surface area contributed by atoms with Crippen LogP contribution in [0, 0.1) is 0 Å². The van der Waals surface area contributed by atoms with Gasteiger partial charge in [0.1, 0.15) is 10.6 Å². The normalized spacial score (nSPS) is 13.1. The highest BCUT2D eigenvalue weighted by Gasteiger charge is 2.19. The van der Waals surface area contributed by atoms with E-state index in [0.717, 1.165) is 33.0 Å². The van der Waals surface area contributed by atoms with Crippen molar-refractivity contribution in [3.8, 4) is 33.7 Å². The van der Waals surface area contributed by atoms with E-state index < -0.39 is 0 Å². The molecule has 7 nitrogen and oxygen atoms in total. The number of para-hydroxylation sites is 1. The van der Waals surface area contributed by atoms with E-state index in [1.165, 1.54) is 11.3 Å². The van der Waals surface area contributed by atoms with Crippen molar-refractivity contribution >= 4 is 27.3 Å². The minimum atomic E-state index is 0.250. The van der Waals surface area contributed by atoms with E-state index in [4.69, 9.17) is 13.9 Å². The summed E-state index contributed by atoms with van der Waals surface area (Å²) in [6, 6.07) is 15.6. The molecule has 126 valence electrons. The first kappa shape index (κ1) is 13.9. The van der Waals surface area contributed by atoms with Crippen molar-refractivity contribution in [2.45, 2.75) is 0 Å². The van der Waals surface area contributed by atoms with Crippen LogP contribution in [-0.2, 0) is 0 Å². The number of aromatic nitrogens is 4. The van der Waals surface area contributed by atoms with Gasteiger partial charge in [-0.15, -0.1) is 10.2 Å². The highest BCUT2D eigenvalue weighted by Crippen LogP contribution is 2.37. The fraction of sp³-hybridized carbons (Fsp3) is 0.0556. The first-order valence-corrected chi connectivity index (χ1v) is 8.78. The summed E-state index contributed by atoms with van der Waals surface area (Å²) in [5.41, 5.74) is 1.76. The Morgan fingerprint density at radius 2 is 1.88 bits per heavy atom. The van der Waals surface area contributed by atoms with Crippen molar-refractivity contribution in [2.75, 3.05) is 6.79 Å². The zero-order valence-electron chi connectivity index (χ0n) is 13.2. The highest BCUT2D eigenvalue weighted by molar-refractivity contribution is 7.19. The minimum Gasteiger partial charge on any atom is -0.454 e. The van der Waals surface area contributed by atoms with E-state index in [0.29, 0.717) is 16.5 Å². The second-order valence-electron chi connectivity index (χ2n) is 5.84. The fourth-order valence-electron chi connectivity index (χ4n) is 3.01. The van der Waals surface area contributed by atoms with Crippen LogP contribution in [0.3, 0.4) is 0 Å². The Kier molecular flexibility index (Phi) is 2.69. The van der Waals surface area contributed by atoms with Gasteiger partial charge >= 0.3 is 0 Å². The quantitative estimate of drug-likeness (QED) is 0.473. The van der Waals surface area contributed by atoms with Gasteiger partial charge in [-0.25, -0.2) is 0 Å². The molecule has 1 aliphatic rings. The SMILES string of the molecule is c1ccc2oc(-c3nnc4sc(-c5ccc6c(c5)OCO6)nn34)cc2c1. The van der Waals surface area contributed by atoms with Crippen molar-refractivity contribution in [1.29, 1.82) is 0 Å². The second-order valence-corrected chi connectivity index (χ2v) is 6.80. The number of furan rings is 1. The van der Waals surface area contributed by atoms with Crippen molar-refractivity contribution in [3.05, 3.63) is 48.5 Å². The maximum atomic E-state index is 5.90. The third-order valence-electron chi connectivity index (χ3n) is 4.26. The molecule has 0 amide bonds. The lowest BCUT2D eigenvalue weighted by atomic mass is 10.2. The number of hydrogen-bond acceptors (Lipinski definition) is 7. The number of nitrogens with zero attached hydrogens (tertiary/aromatic N) is 4. The predicted molar refractivity (Wildman–Crippen MR) is 95.4 cm³/mol. The third-order valence-corrected chi connectivity index (χ3v) is 5.20. The highest BCUT2D eigenvalue weighted by atomic mass is 32.1. The van der Waals surface area contributed by atoms with Crippen molar-refractivity contribution in [2.24, 2.45) is 0 Å². The average Bonchev–Trinajstić information content (AvgIpc) is 3.41. The Morgan fingerprint density at radius 1 is 0.962 bits per heavy atom. The van der Waals surface area contributed by atoms with Crippen LogP contribution >= 0.6 is 11.3 Å². The molecule has 0 spiro atoms. The molecule has 0 saturated carbocycles. The summed E-state index contributed by atoms with van der Waals surface area (Å²) in [6.07, 6.45) is 0. The molecule has 0 saturated heterocycles. The van der Waals surface area contributed by atoms with Gasteiger partial charge in [-0.3, -0.25) is 0 Å². The predicted octanol–water partition coefficient (Wildman–Crippen LogP) is 3.99. The largest absolute Gasteiger partial charge is 0.454 e. The monoisotopic (exact) mass is 362 g/mol. The van der Waals surface area contributed by atoms with Crippen LogP contribution in [0.15, 0.2) is 52.9 Å². The van der Waals surface area contributed by atoms with E-state index in [-0.39, 0.29) is 6.79 Å². The Hall–Kier alpha value is -3.39. The Morgan fingerprint density at radius 3 is 2.85 bits per heavy atom. The molecule has 5 aromatic rings. The van der Waals surface area contributed by atoms with Crippen molar-refractivity contribution < 1.29 is 13.9 Å². The molecular weight excluding hydrogens is 352 g/mol. The standard InChI is InChI=1S/C18H10N4O3S/c1-2-4-12-10(3-1)7-15(25-12)16-19-20-18-22(16)21-17(26-18)11-5-6-13-14(8-11)24-9-23-13/h1-8H,9H2. The van der Waals surface area contributed by atoms with E-state index in [1.54, 1.807) is 4.52 Å². The number of benzene rings is 2. The molecule has 0 bridgehead atoms. The zero-order chi connectivity index (χ0) is 17.1. The fourth-order valence-corrected chi connectivity index (χ4v) is 3.84. The number of fused-ring (bicyclic) bond motifs is 3. The molecule has 6 rings (SSSR count). The first-order valence-electron chi connectivity index (χ1n) is 7.96. The van der Waals surface area contributed by atoms with Gasteiger partial charge < -0.3 is 13.9 Å². The second kappa shape index (κ2) is 5.06. The van der Waals surface area contributed by atoms with E-state index in [2.05, 4.69) is 15.3 Å². The molecular formula is C18H10N4O3S. The average molecular weight is 362 g/mol. The maximum Gasteiger partial charge on any atom is 0.235 e. The van der Waals surface area contributed by atoms with Crippen LogP contribution in [0.1, 0.15) is 0 Å². The third kappa shape index (κ3) is 1.96. The lowest BCUT2D eigenvalue weighted by Crippen LogP contribution is -1.92. The number of hydrogen-bond donors (Lipinski definition) is 0. The van der Waals surface area contributed by atoms with Crippen molar-refractivity contribution in [1.82, 2.24) is 19.8 Å². The van der Waals surface area contributed by atoms with Gasteiger partial charge in [-0.1, -0.05) is 29.5 Å². The van der Waals surface area contributed by atoms with Gasteiger partial charge in [0.25, 0.3) is 0 Å². The molecule has 0 unspecified atom stereocenters. The van der Waals surface area contributed by atoms with Gasteiger partial charge in [-0.2, -0.15) is 9.61 Å². The molecule has 8 heteroatoms. The summed E-state index contributed by atoms with van der Waals surface area (Å²) in [5, 5.41) is 15.0. The van der Waals surface area contributed by atoms with Crippen LogP contribution < -0.4 is 9.47 Å². The molecule has 0 aliphatic carbocycles. The topological polar surface area (TPSA) is 74.7 Å². The first-order chi connectivity index (χ1) is 12.8. The van der Waals surface area contributed by atoms with Crippen LogP contribution in [0.25, 0.3) is 38.1 Å². The van der Waals surface area contributed by atoms with Crippen LogP contribution in [0.2, 0.25) is 0 Å². The lowest BCUT2D eigenvalue weighted by molar-refractivity contribution is 0.174. The summed E-state index contributed by atoms with van der Waals surface area (Å²) >= 11 is 1.46. The number of ether oxygens (including phenoxy) is 2. The molecule has 26 heavy (non-hydrogen) atoms. The molecule has 3 aromatic heterocycles. The van der Waals surface area contributed by atoms with Gasteiger partial charge in [-0.05, 0) is 30.3 Å². The molecule has 0 radical (unpaired) electrons. The van der Waals surface area contributed by atoms with Gasteiger partial charge in [0.2, 0.25) is 17.6 Å². The molecule has 0 fully saturated rings. The summed E-state index contributed by atoms with van der Waals surface area (Å²) in [6.45, 7) is 0.250. The minimum absolute atomic E-state index is 0.250. The Bertz CT molecular complexity index is 1250. The molecule has 0 N–H and O–H groups in total. The summed E-state index contributed by atoms with van der Waals surface area (Å²) in [7, 11) is 0. The molecule has 4 heterocycles. The maximum absolute atomic E-state index is 5.90. The molecule has 0 atom stereocenters. The van der Waals surface area contributed by atoms with E-state index >= 15 is 0 Å². The molecule has 1 aliphatic heterocycles. The molecule has 2 aromatic carbocycles. The van der Waals surface area contributed by atoms with Crippen molar-refractivity contribution in [3.63, 3.8) is 0 Å². The summed E-state index contributed by atoms with van der Waals surface area (Å²) in [5.74, 6) is 2.70. The smallest absolute Gasteiger partial charge is 0.235 e. The van der Waals surface area contributed by atoms with Gasteiger partial charge in [0.15, 0.2) is 17.3 Å². The number of rotatable bonds is 2. The van der Waals surface area contributed by atoms with Gasteiger partial charge in [0, 0.05) is 10.9 Å². The van der Waals surface area contributed by atoms with Crippen LogP contribution in [0.5, 0.6) is 11.5 Å². The Balaban J connectivity index is 1.48. The van der Waals surface area contributed by atoms with E-state index in [9.17, 15) is 0 Å². The summed E-state index contributed by atoms with van der Waals surface area (Å²) < 4.78 is 18.4.